The molecule has 12 heteroatoms. The average Bonchev–Trinajstić information content (AvgIpc) is 3.17. The number of nitrogens with one attached hydrogen (secondary N) is 1. The fraction of sp³-hybridized carbons (Fsp3) is 0.500. The second-order valence-electron chi connectivity index (χ2n) is 7.35. The second kappa shape index (κ2) is 8.37. The van der Waals surface area contributed by atoms with Gasteiger partial charge in [0.05, 0.1) is 9.89 Å². The molecule has 0 unspecified atom stereocenters. The molecule has 3 rings (SSSR count). The average molecular weight is 476 g/mol. The highest BCUT2D eigenvalue weighted by molar-refractivity contribution is 8.01. The fourth-order valence-electron chi connectivity index (χ4n) is 3.40. The molecule has 2 fully saturated rings. The highest BCUT2D eigenvalue weighted by Gasteiger charge is 2.53. The smallest absolute Gasteiger partial charge is 0.330 e. The number of nitrogens with zero attached hydrogens (tertiary/aromatic N) is 2. The normalized spacial score (nSPS) is 23.6. The first-order valence-corrected chi connectivity index (χ1v) is 11.9. The Morgan fingerprint density at radius 3 is 2.77 bits per heavy atom. The number of carbonyl (C=O) groups excluding carboxylic acids is 3. The van der Waals surface area contributed by atoms with Crippen LogP contribution in [-0.2, 0) is 29.1 Å². The van der Waals surface area contributed by atoms with Crippen molar-refractivity contribution in [1.29, 1.82) is 0 Å². The summed E-state index contributed by atoms with van der Waals surface area (Å²) in [5, 5.41) is 2.50. The standard InChI is InChI=1S/C18H22ClN3O6S2/c1-18-7-6-16(24)22(18)13(10-29-18)17(25)28-9-15(23)20-11-4-5-12(19)14(8-11)30(26,27)21(2)3/h4-5,8,13H,6-7,9-10H2,1-3H3,(H,20,23)/t13-,18+/m1/s1. The summed E-state index contributed by atoms with van der Waals surface area (Å²) in [6.07, 6.45) is 1.07. The van der Waals surface area contributed by atoms with Crippen LogP contribution in [0.3, 0.4) is 0 Å². The molecule has 2 aliphatic heterocycles. The first-order chi connectivity index (χ1) is 14.0. The topological polar surface area (TPSA) is 113 Å². The van der Waals surface area contributed by atoms with Gasteiger partial charge >= 0.3 is 5.97 Å². The maximum absolute atomic E-state index is 12.4. The van der Waals surface area contributed by atoms with Crippen LogP contribution in [0.5, 0.6) is 0 Å². The van der Waals surface area contributed by atoms with Gasteiger partial charge in [-0.05, 0) is 31.5 Å². The summed E-state index contributed by atoms with van der Waals surface area (Å²) in [6, 6.07) is 3.32. The van der Waals surface area contributed by atoms with Crippen molar-refractivity contribution in [2.45, 2.75) is 35.6 Å². The van der Waals surface area contributed by atoms with Crippen LogP contribution in [0, 0.1) is 0 Å². The molecule has 164 valence electrons. The summed E-state index contributed by atoms with van der Waals surface area (Å²) in [4.78, 5) is 37.7. The van der Waals surface area contributed by atoms with E-state index in [1.165, 1.54) is 44.1 Å². The van der Waals surface area contributed by atoms with Gasteiger partial charge in [0, 0.05) is 32.0 Å². The molecule has 1 aromatic carbocycles. The van der Waals surface area contributed by atoms with Crippen LogP contribution in [0.1, 0.15) is 19.8 Å². The minimum atomic E-state index is -3.80. The molecule has 2 atom stereocenters. The quantitative estimate of drug-likeness (QED) is 0.620. The second-order valence-corrected chi connectivity index (χ2v) is 11.4. The highest BCUT2D eigenvalue weighted by Crippen LogP contribution is 2.47. The van der Waals surface area contributed by atoms with Gasteiger partial charge in [0.25, 0.3) is 5.91 Å². The van der Waals surface area contributed by atoms with Crippen LogP contribution in [0.4, 0.5) is 5.69 Å². The number of ether oxygens (including phenoxy) is 1. The summed E-state index contributed by atoms with van der Waals surface area (Å²) in [5.74, 6) is -0.945. The van der Waals surface area contributed by atoms with E-state index in [-0.39, 0.29) is 21.5 Å². The lowest BCUT2D eigenvalue weighted by Crippen LogP contribution is -2.47. The summed E-state index contributed by atoms with van der Waals surface area (Å²) < 4.78 is 30.8. The minimum Gasteiger partial charge on any atom is -0.454 e. The number of anilines is 1. The Morgan fingerprint density at radius 2 is 2.10 bits per heavy atom. The number of hydrogen-bond donors (Lipinski definition) is 1. The van der Waals surface area contributed by atoms with Gasteiger partial charge in [-0.25, -0.2) is 17.5 Å². The molecule has 1 aromatic rings. The third-order valence-electron chi connectivity index (χ3n) is 5.04. The Kier molecular flexibility index (Phi) is 6.38. The molecule has 0 aromatic heterocycles. The summed E-state index contributed by atoms with van der Waals surface area (Å²) in [6.45, 7) is 1.36. The van der Waals surface area contributed by atoms with E-state index in [2.05, 4.69) is 5.32 Å². The Labute approximate surface area is 184 Å². The van der Waals surface area contributed by atoms with Crippen molar-refractivity contribution in [1.82, 2.24) is 9.21 Å². The van der Waals surface area contributed by atoms with Crippen LogP contribution >= 0.6 is 23.4 Å². The first-order valence-electron chi connectivity index (χ1n) is 9.10. The number of carbonyl (C=O) groups is 3. The van der Waals surface area contributed by atoms with E-state index in [0.717, 1.165) is 4.31 Å². The van der Waals surface area contributed by atoms with E-state index in [9.17, 15) is 22.8 Å². The maximum Gasteiger partial charge on any atom is 0.330 e. The lowest BCUT2D eigenvalue weighted by atomic mass is 10.2. The molecule has 0 aliphatic carbocycles. The Morgan fingerprint density at radius 1 is 1.40 bits per heavy atom. The van der Waals surface area contributed by atoms with Crippen molar-refractivity contribution in [3.63, 3.8) is 0 Å². The zero-order valence-corrected chi connectivity index (χ0v) is 19.1. The van der Waals surface area contributed by atoms with Gasteiger partial charge in [-0.3, -0.25) is 9.59 Å². The number of esters is 1. The molecule has 2 amide bonds. The molecular formula is C18H22ClN3O6S2. The van der Waals surface area contributed by atoms with Gasteiger partial charge in [-0.1, -0.05) is 11.6 Å². The number of rotatable bonds is 6. The number of benzene rings is 1. The molecule has 0 saturated carbocycles. The zero-order chi connectivity index (χ0) is 22.3. The van der Waals surface area contributed by atoms with Crippen molar-refractivity contribution < 1.29 is 27.5 Å². The van der Waals surface area contributed by atoms with Crippen molar-refractivity contribution in [2.75, 3.05) is 31.8 Å². The molecule has 30 heavy (non-hydrogen) atoms. The van der Waals surface area contributed by atoms with E-state index < -0.39 is 39.4 Å². The zero-order valence-electron chi connectivity index (χ0n) is 16.7. The van der Waals surface area contributed by atoms with E-state index >= 15 is 0 Å². The number of fused-ring (bicyclic) bond motifs is 1. The number of amides is 2. The van der Waals surface area contributed by atoms with Crippen LogP contribution < -0.4 is 5.32 Å². The van der Waals surface area contributed by atoms with E-state index in [1.54, 1.807) is 4.90 Å². The van der Waals surface area contributed by atoms with Gasteiger partial charge in [0.1, 0.15) is 10.9 Å². The molecule has 2 saturated heterocycles. The van der Waals surface area contributed by atoms with Gasteiger partial charge in [0.2, 0.25) is 15.9 Å². The molecule has 2 aliphatic rings. The number of thioether (sulfide) groups is 1. The lowest BCUT2D eigenvalue weighted by molar-refractivity contribution is -0.155. The fourth-order valence-corrected chi connectivity index (χ4v) is 6.21. The minimum absolute atomic E-state index is 0.0187. The van der Waals surface area contributed by atoms with E-state index in [4.69, 9.17) is 16.3 Å². The molecule has 9 nitrogen and oxygen atoms in total. The maximum atomic E-state index is 12.4. The summed E-state index contributed by atoms with van der Waals surface area (Å²) in [7, 11) is -1.06. The van der Waals surface area contributed by atoms with Gasteiger partial charge in [0.15, 0.2) is 6.61 Å². The molecule has 0 bridgehead atoms. The van der Waals surface area contributed by atoms with Crippen LogP contribution in [0.2, 0.25) is 5.02 Å². The predicted octanol–water partition coefficient (Wildman–Crippen LogP) is 1.53. The third-order valence-corrected chi connectivity index (χ3v) is 8.84. The Bertz CT molecular complexity index is 1000. The molecule has 1 N–H and O–H groups in total. The highest BCUT2D eigenvalue weighted by atomic mass is 35.5. The molecular weight excluding hydrogens is 454 g/mol. The van der Waals surface area contributed by atoms with E-state index in [1.807, 2.05) is 6.92 Å². The number of sulfonamides is 1. The monoisotopic (exact) mass is 475 g/mol. The largest absolute Gasteiger partial charge is 0.454 e. The van der Waals surface area contributed by atoms with Gasteiger partial charge in [-0.2, -0.15) is 0 Å². The predicted molar refractivity (Wildman–Crippen MR) is 113 cm³/mol. The van der Waals surface area contributed by atoms with Crippen molar-refractivity contribution in [3.05, 3.63) is 23.2 Å². The number of halogens is 1. The molecule has 0 spiro atoms. The molecule has 0 radical (unpaired) electrons. The molecule has 2 heterocycles. The van der Waals surface area contributed by atoms with Crippen LogP contribution in [0.15, 0.2) is 23.1 Å². The van der Waals surface area contributed by atoms with Crippen molar-refractivity contribution in [2.24, 2.45) is 0 Å². The van der Waals surface area contributed by atoms with E-state index in [0.29, 0.717) is 18.6 Å². The van der Waals surface area contributed by atoms with Crippen molar-refractivity contribution >= 4 is 56.9 Å². The van der Waals surface area contributed by atoms with Crippen molar-refractivity contribution in [3.8, 4) is 0 Å². The van der Waals surface area contributed by atoms with Gasteiger partial charge in [-0.15, -0.1) is 11.8 Å². The Balaban J connectivity index is 1.62. The van der Waals surface area contributed by atoms with Gasteiger partial charge < -0.3 is 15.0 Å². The first kappa shape index (κ1) is 22.9. The SMILES string of the molecule is CN(C)S(=O)(=O)c1cc(NC(=O)COC(=O)[C@H]2CS[C@@]3(C)CCC(=O)N23)ccc1Cl. The number of hydrogen-bond acceptors (Lipinski definition) is 7. The third kappa shape index (κ3) is 4.29. The lowest BCUT2D eigenvalue weighted by Gasteiger charge is -2.29. The summed E-state index contributed by atoms with van der Waals surface area (Å²) >= 11 is 7.51. The van der Waals surface area contributed by atoms with Crippen LogP contribution in [-0.4, -0.2) is 72.8 Å². The summed E-state index contributed by atoms with van der Waals surface area (Å²) in [5.41, 5.74) is 0.194. The Hall–Kier alpha value is -1.82. The van der Waals surface area contributed by atoms with Crippen LogP contribution in [0.25, 0.3) is 0 Å².